The maximum absolute atomic E-state index is 13.4. The van der Waals surface area contributed by atoms with E-state index in [0.29, 0.717) is 0 Å². The van der Waals surface area contributed by atoms with Gasteiger partial charge in [0.05, 0.1) is 74.3 Å². The molecule has 2 rings (SSSR count). The molecular weight excluding hydrogens is 1320 g/mol. The summed E-state index contributed by atoms with van der Waals surface area (Å²) < 4.78 is 1.16. The lowest BCUT2D eigenvalue weighted by Crippen LogP contribution is -2.35. The van der Waals surface area contributed by atoms with Crippen LogP contribution in [0.5, 0.6) is 0 Å². The number of anilines is 2. The van der Waals surface area contributed by atoms with Gasteiger partial charge in [0.25, 0.3) is 23.6 Å². The lowest BCUT2D eigenvalue weighted by atomic mass is 10.1. The van der Waals surface area contributed by atoms with E-state index in [9.17, 15) is 49.2 Å². The maximum Gasteiger partial charge on any atom is 0.314 e. The first-order valence-corrected chi connectivity index (χ1v) is 19.8. The zero-order chi connectivity index (χ0) is 36.3. The molecule has 262 valence electrons. The van der Waals surface area contributed by atoms with E-state index in [1.165, 1.54) is 0 Å². The first-order valence-electron chi connectivity index (χ1n) is 13.3. The lowest BCUT2D eigenvalue weighted by Gasteiger charge is -2.20. The molecule has 0 aliphatic heterocycles. The predicted octanol–water partition coefficient (Wildman–Crippen LogP) is 0.780. The molecule has 2 aromatic rings. The summed E-state index contributed by atoms with van der Waals surface area (Å²) in [5, 5.41) is 51.7. The number of hydrogen-bond donors (Lipinski definition) is 10. The largest absolute Gasteiger partial charge is 0.395 e. The molecule has 22 heteroatoms. The SMILES string of the molecule is O=C(Nc1c(I)c(C(=O)NCCO)c(I)c(C(=O)NCCO)c1I)C(=O)Nc1c(I)c(C(=O)NCCO)c(I)c(C(=O)NCCO)c1I. The van der Waals surface area contributed by atoms with Crippen LogP contribution < -0.4 is 31.9 Å². The molecule has 0 aromatic heterocycles. The molecule has 0 saturated heterocycles. The molecule has 0 aliphatic carbocycles. The van der Waals surface area contributed by atoms with Gasteiger partial charge in [-0.15, -0.1) is 0 Å². The summed E-state index contributed by atoms with van der Waals surface area (Å²) in [6.45, 7) is -1.82. The third-order valence-electron chi connectivity index (χ3n) is 5.81. The van der Waals surface area contributed by atoms with E-state index >= 15 is 0 Å². The van der Waals surface area contributed by atoms with E-state index in [0.717, 1.165) is 0 Å². The molecule has 0 aliphatic rings. The Hall–Kier alpha value is -0.520. The van der Waals surface area contributed by atoms with Gasteiger partial charge in [0.2, 0.25) is 0 Å². The average molecular weight is 1340 g/mol. The molecule has 0 saturated carbocycles. The summed E-state index contributed by atoms with van der Waals surface area (Å²) in [6.07, 6.45) is 0. The van der Waals surface area contributed by atoms with Crippen LogP contribution in [0, 0.1) is 21.4 Å². The monoisotopic (exact) mass is 1340 g/mol. The topological polar surface area (TPSA) is 256 Å². The number of aliphatic hydroxyl groups is 4. The van der Waals surface area contributed by atoms with Crippen LogP contribution in [0.15, 0.2) is 0 Å². The Kier molecular flexibility index (Phi) is 19.2. The van der Waals surface area contributed by atoms with Crippen LogP contribution in [-0.4, -0.2) is 108 Å². The zero-order valence-corrected chi connectivity index (χ0v) is 37.1. The van der Waals surface area contributed by atoms with Crippen molar-refractivity contribution in [3.8, 4) is 0 Å². The van der Waals surface area contributed by atoms with E-state index in [2.05, 4.69) is 31.9 Å². The van der Waals surface area contributed by atoms with Gasteiger partial charge in [-0.25, -0.2) is 0 Å². The van der Waals surface area contributed by atoms with Crippen molar-refractivity contribution in [3.63, 3.8) is 0 Å². The van der Waals surface area contributed by atoms with Crippen molar-refractivity contribution in [1.82, 2.24) is 21.3 Å². The fourth-order valence-corrected chi connectivity index (χ4v) is 12.5. The van der Waals surface area contributed by atoms with Crippen molar-refractivity contribution in [3.05, 3.63) is 43.7 Å². The van der Waals surface area contributed by atoms with Crippen LogP contribution in [0.25, 0.3) is 0 Å². The molecule has 0 fully saturated rings. The summed E-state index contributed by atoms with van der Waals surface area (Å²) in [4.78, 5) is 79.1. The van der Waals surface area contributed by atoms with Crippen molar-refractivity contribution in [2.24, 2.45) is 0 Å². The van der Waals surface area contributed by atoms with Crippen molar-refractivity contribution < 1.29 is 49.2 Å². The molecule has 10 N–H and O–H groups in total. The molecule has 0 heterocycles. The second kappa shape index (κ2) is 21.1. The maximum atomic E-state index is 13.4. The number of amides is 6. The fraction of sp³-hybridized carbons (Fsp3) is 0.308. The van der Waals surface area contributed by atoms with Gasteiger partial charge in [-0.2, -0.15) is 0 Å². The minimum Gasteiger partial charge on any atom is -0.395 e. The van der Waals surface area contributed by atoms with E-state index < -0.39 is 35.4 Å². The molecule has 0 spiro atoms. The minimum atomic E-state index is -1.22. The number of hydrogen-bond acceptors (Lipinski definition) is 10. The summed E-state index contributed by atoms with van der Waals surface area (Å²) in [6, 6.07) is 0. The summed E-state index contributed by atoms with van der Waals surface area (Å²) in [7, 11) is 0. The summed E-state index contributed by atoms with van der Waals surface area (Å²) in [5.41, 5.74) is -0.106. The molecule has 0 unspecified atom stereocenters. The molecule has 0 atom stereocenters. The van der Waals surface area contributed by atoms with E-state index in [1.54, 1.807) is 136 Å². The summed E-state index contributed by atoms with van der Waals surface area (Å²) >= 11 is 10.8. The highest BCUT2D eigenvalue weighted by Gasteiger charge is 2.32. The van der Waals surface area contributed by atoms with Crippen LogP contribution in [0.1, 0.15) is 41.4 Å². The van der Waals surface area contributed by atoms with E-state index in [4.69, 9.17) is 0 Å². The third kappa shape index (κ3) is 10.8. The molecule has 0 bridgehead atoms. The smallest absolute Gasteiger partial charge is 0.314 e. The average Bonchev–Trinajstić information content (AvgIpc) is 3.04. The van der Waals surface area contributed by atoms with Crippen LogP contribution in [-0.2, 0) is 9.59 Å². The Morgan fingerprint density at radius 3 is 0.792 bits per heavy atom. The minimum absolute atomic E-state index is 0.00581. The molecule has 16 nitrogen and oxygen atoms in total. The van der Waals surface area contributed by atoms with E-state index in [-0.39, 0.29) is 108 Å². The Morgan fingerprint density at radius 1 is 0.396 bits per heavy atom. The van der Waals surface area contributed by atoms with Gasteiger partial charge in [0, 0.05) is 33.3 Å². The number of carbonyl (C=O) groups is 6. The number of halogens is 6. The van der Waals surface area contributed by atoms with Crippen molar-refractivity contribution in [1.29, 1.82) is 0 Å². The van der Waals surface area contributed by atoms with Gasteiger partial charge in [-0.3, -0.25) is 28.8 Å². The van der Waals surface area contributed by atoms with Gasteiger partial charge < -0.3 is 52.3 Å². The number of carbonyl (C=O) groups excluding carboxylic acids is 6. The van der Waals surface area contributed by atoms with Gasteiger partial charge in [0.15, 0.2) is 0 Å². The predicted molar refractivity (Wildman–Crippen MR) is 224 cm³/mol. The zero-order valence-electron chi connectivity index (χ0n) is 24.2. The number of rotatable bonds is 14. The lowest BCUT2D eigenvalue weighted by molar-refractivity contribution is -0.133. The highest BCUT2D eigenvalue weighted by molar-refractivity contribution is 14.1. The second-order valence-electron chi connectivity index (χ2n) is 8.96. The summed E-state index contributed by atoms with van der Waals surface area (Å²) in [5.74, 6) is -5.09. The van der Waals surface area contributed by atoms with Gasteiger partial charge in [-0.1, -0.05) is 0 Å². The molecule has 6 amide bonds. The highest BCUT2D eigenvalue weighted by Crippen LogP contribution is 2.37. The van der Waals surface area contributed by atoms with Crippen molar-refractivity contribution >= 4 is 182 Å². The normalized spacial score (nSPS) is 10.6. The van der Waals surface area contributed by atoms with Gasteiger partial charge >= 0.3 is 11.8 Å². The first kappa shape index (κ1) is 43.6. The Balaban J connectivity index is 2.66. The quantitative estimate of drug-likeness (QED) is 0.0941. The van der Waals surface area contributed by atoms with Crippen LogP contribution >= 0.6 is 136 Å². The number of aliphatic hydroxyl groups excluding tert-OH is 4. The fourth-order valence-electron chi connectivity index (χ4n) is 3.72. The van der Waals surface area contributed by atoms with Crippen LogP contribution in [0.3, 0.4) is 0 Å². The van der Waals surface area contributed by atoms with Crippen molar-refractivity contribution in [2.45, 2.75) is 0 Å². The molecule has 0 radical (unpaired) electrons. The Morgan fingerprint density at radius 2 is 0.604 bits per heavy atom. The number of nitrogens with one attached hydrogen (secondary N) is 6. The Labute approximate surface area is 355 Å². The standard InChI is InChI=1S/C26H26I6N6O10/c27-13-9(21(43)33-1-5-39)15(29)19(16(30)10(13)22(44)34-2-6-40)37-25(47)26(48)38-20-17(31)11(23(45)35-3-7-41)14(28)12(18(20)32)24(46)36-4-8-42/h39-42H,1-8H2,(H,33,43)(H,34,44)(H,35,45)(H,36,46)(H,37,47)(H,38,48). The van der Waals surface area contributed by atoms with Crippen LogP contribution in [0.4, 0.5) is 11.4 Å². The first-order chi connectivity index (χ1) is 22.7. The van der Waals surface area contributed by atoms with Crippen molar-refractivity contribution in [2.75, 3.05) is 63.2 Å². The molecular formula is C26H26I6N6O10. The number of benzene rings is 2. The third-order valence-corrected chi connectivity index (χ3v) is 12.3. The second-order valence-corrected chi connectivity index (χ2v) is 15.4. The van der Waals surface area contributed by atoms with E-state index in [1.807, 2.05) is 0 Å². The molecule has 2 aromatic carbocycles. The van der Waals surface area contributed by atoms with Crippen LogP contribution in [0.2, 0.25) is 0 Å². The van der Waals surface area contributed by atoms with Gasteiger partial charge in [-0.05, 0) is 136 Å². The van der Waals surface area contributed by atoms with Gasteiger partial charge in [0.1, 0.15) is 0 Å². The Bertz CT molecular complexity index is 1420. The highest BCUT2D eigenvalue weighted by atomic mass is 127. The molecule has 48 heavy (non-hydrogen) atoms.